The standard InChI is InChI=1S/C13H13NO3/c1-9-5-10(3-4-12(9)16-2)6-13-11(8-15)7-14-17-13/h3-5,7-8H,6H2,1-2H3. The van der Waals surface area contributed by atoms with Crippen molar-refractivity contribution in [3.63, 3.8) is 0 Å². The highest BCUT2D eigenvalue weighted by atomic mass is 16.5. The summed E-state index contributed by atoms with van der Waals surface area (Å²) < 4.78 is 10.2. The van der Waals surface area contributed by atoms with Crippen molar-refractivity contribution < 1.29 is 14.1 Å². The molecule has 4 nitrogen and oxygen atoms in total. The number of hydrogen-bond donors (Lipinski definition) is 0. The van der Waals surface area contributed by atoms with E-state index in [9.17, 15) is 4.79 Å². The van der Waals surface area contributed by atoms with Crippen molar-refractivity contribution in [2.45, 2.75) is 13.3 Å². The van der Waals surface area contributed by atoms with Gasteiger partial charge >= 0.3 is 0 Å². The van der Waals surface area contributed by atoms with E-state index >= 15 is 0 Å². The molecule has 4 heteroatoms. The SMILES string of the molecule is COc1ccc(Cc2oncc2C=O)cc1C. The molecule has 0 amide bonds. The van der Waals surface area contributed by atoms with Gasteiger partial charge in [0.2, 0.25) is 0 Å². The Morgan fingerprint density at radius 2 is 2.29 bits per heavy atom. The molecular weight excluding hydrogens is 218 g/mol. The number of methoxy groups -OCH3 is 1. The zero-order valence-corrected chi connectivity index (χ0v) is 9.77. The normalized spacial score (nSPS) is 10.2. The monoisotopic (exact) mass is 231 g/mol. The summed E-state index contributed by atoms with van der Waals surface area (Å²) >= 11 is 0. The Labute approximate surface area is 99.2 Å². The molecule has 0 aliphatic heterocycles. The smallest absolute Gasteiger partial charge is 0.155 e. The first kappa shape index (κ1) is 11.4. The minimum absolute atomic E-state index is 0.499. The number of hydrogen-bond acceptors (Lipinski definition) is 4. The summed E-state index contributed by atoms with van der Waals surface area (Å²) in [7, 11) is 1.64. The van der Waals surface area contributed by atoms with Crippen LogP contribution in [0.5, 0.6) is 5.75 Å². The number of carbonyl (C=O) groups is 1. The number of benzene rings is 1. The van der Waals surface area contributed by atoms with Crippen molar-refractivity contribution in [2.75, 3.05) is 7.11 Å². The van der Waals surface area contributed by atoms with Gasteiger partial charge < -0.3 is 9.26 Å². The van der Waals surface area contributed by atoms with E-state index in [0.29, 0.717) is 17.7 Å². The molecule has 0 N–H and O–H groups in total. The third-order valence-corrected chi connectivity index (χ3v) is 2.63. The summed E-state index contributed by atoms with van der Waals surface area (Å²) in [5, 5.41) is 3.61. The zero-order chi connectivity index (χ0) is 12.3. The molecule has 88 valence electrons. The molecule has 2 aromatic rings. The second-order valence-corrected chi connectivity index (χ2v) is 3.80. The molecule has 1 heterocycles. The molecule has 0 radical (unpaired) electrons. The Hall–Kier alpha value is -2.10. The fraction of sp³-hybridized carbons (Fsp3) is 0.231. The van der Waals surface area contributed by atoms with Crippen LogP contribution in [0.3, 0.4) is 0 Å². The maximum atomic E-state index is 10.7. The molecule has 1 aromatic heterocycles. The van der Waals surface area contributed by atoms with Crippen LogP contribution in [0.4, 0.5) is 0 Å². The van der Waals surface area contributed by atoms with Crippen LogP contribution in [0.2, 0.25) is 0 Å². The number of ether oxygens (including phenoxy) is 1. The minimum Gasteiger partial charge on any atom is -0.496 e. The lowest BCUT2D eigenvalue weighted by molar-refractivity contribution is 0.112. The fourth-order valence-corrected chi connectivity index (χ4v) is 1.74. The maximum Gasteiger partial charge on any atom is 0.155 e. The van der Waals surface area contributed by atoms with Crippen molar-refractivity contribution in [3.8, 4) is 5.75 Å². The van der Waals surface area contributed by atoms with Crippen LogP contribution in [0, 0.1) is 6.92 Å². The summed E-state index contributed by atoms with van der Waals surface area (Å²) in [6, 6.07) is 5.86. The van der Waals surface area contributed by atoms with Gasteiger partial charge in [-0.05, 0) is 24.1 Å². The van der Waals surface area contributed by atoms with Crippen molar-refractivity contribution in [1.29, 1.82) is 0 Å². The number of nitrogens with zero attached hydrogens (tertiary/aromatic N) is 1. The van der Waals surface area contributed by atoms with Gasteiger partial charge in [-0.1, -0.05) is 17.3 Å². The van der Waals surface area contributed by atoms with Gasteiger partial charge in [0.1, 0.15) is 5.75 Å². The minimum atomic E-state index is 0.499. The first-order valence-corrected chi connectivity index (χ1v) is 5.27. The predicted molar refractivity (Wildman–Crippen MR) is 62.4 cm³/mol. The van der Waals surface area contributed by atoms with Crippen LogP contribution >= 0.6 is 0 Å². The van der Waals surface area contributed by atoms with E-state index in [-0.39, 0.29) is 0 Å². The average Bonchev–Trinajstić information content (AvgIpc) is 2.76. The molecule has 0 bridgehead atoms. The van der Waals surface area contributed by atoms with E-state index in [1.54, 1.807) is 7.11 Å². The summed E-state index contributed by atoms with van der Waals surface area (Å²) in [5.74, 6) is 1.44. The maximum absolute atomic E-state index is 10.7. The Morgan fingerprint density at radius 1 is 1.47 bits per heavy atom. The van der Waals surface area contributed by atoms with Gasteiger partial charge in [0.05, 0.1) is 18.9 Å². The third kappa shape index (κ3) is 2.36. The van der Waals surface area contributed by atoms with Gasteiger partial charge in [-0.2, -0.15) is 0 Å². The molecular formula is C13H13NO3. The first-order valence-electron chi connectivity index (χ1n) is 5.27. The molecule has 0 spiro atoms. The topological polar surface area (TPSA) is 52.3 Å². The number of aromatic nitrogens is 1. The fourth-order valence-electron chi connectivity index (χ4n) is 1.74. The summed E-state index contributed by atoms with van der Waals surface area (Å²) in [4.78, 5) is 10.7. The lowest BCUT2D eigenvalue weighted by Crippen LogP contribution is -1.93. The predicted octanol–water partition coefficient (Wildman–Crippen LogP) is 2.39. The third-order valence-electron chi connectivity index (χ3n) is 2.63. The van der Waals surface area contributed by atoms with Gasteiger partial charge in [0, 0.05) is 6.42 Å². The molecule has 1 aromatic carbocycles. The van der Waals surface area contributed by atoms with Crippen LogP contribution in [0.25, 0.3) is 0 Å². The zero-order valence-electron chi connectivity index (χ0n) is 9.77. The average molecular weight is 231 g/mol. The Morgan fingerprint density at radius 3 is 2.94 bits per heavy atom. The number of carbonyl (C=O) groups excluding carboxylic acids is 1. The summed E-state index contributed by atoms with van der Waals surface area (Å²) in [6.45, 7) is 1.98. The van der Waals surface area contributed by atoms with Gasteiger partial charge in [-0.15, -0.1) is 0 Å². The lowest BCUT2D eigenvalue weighted by atomic mass is 10.1. The van der Waals surface area contributed by atoms with E-state index in [1.165, 1.54) is 6.20 Å². The highest BCUT2D eigenvalue weighted by Gasteiger charge is 2.09. The molecule has 0 unspecified atom stereocenters. The quantitative estimate of drug-likeness (QED) is 0.758. The molecule has 2 rings (SSSR count). The van der Waals surface area contributed by atoms with Gasteiger partial charge in [-0.3, -0.25) is 4.79 Å². The molecule has 0 saturated carbocycles. The van der Waals surface area contributed by atoms with Gasteiger partial charge in [0.15, 0.2) is 12.0 Å². The van der Waals surface area contributed by atoms with Crippen LogP contribution in [-0.4, -0.2) is 18.6 Å². The molecule has 0 atom stereocenters. The van der Waals surface area contributed by atoms with Crippen LogP contribution in [0.1, 0.15) is 27.2 Å². The first-order chi connectivity index (χ1) is 8.24. The largest absolute Gasteiger partial charge is 0.496 e. The highest BCUT2D eigenvalue weighted by Crippen LogP contribution is 2.21. The molecule has 0 aliphatic carbocycles. The van der Waals surface area contributed by atoms with E-state index in [2.05, 4.69) is 5.16 Å². The van der Waals surface area contributed by atoms with Crippen molar-refractivity contribution in [1.82, 2.24) is 5.16 Å². The lowest BCUT2D eigenvalue weighted by Gasteiger charge is -2.06. The number of aldehydes is 1. The van der Waals surface area contributed by atoms with Crippen molar-refractivity contribution >= 4 is 6.29 Å². The van der Waals surface area contributed by atoms with E-state index in [4.69, 9.17) is 9.26 Å². The van der Waals surface area contributed by atoms with Crippen LogP contribution < -0.4 is 4.74 Å². The van der Waals surface area contributed by atoms with E-state index in [1.807, 2.05) is 25.1 Å². The molecule has 0 fully saturated rings. The van der Waals surface area contributed by atoms with E-state index in [0.717, 1.165) is 23.2 Å². The Kier molecular flexibility index (Phi) is 3.23. The second-order valence-electron chi connectivity index (χ2n) is 3.80. The molecule has 0 saturated heterocycles. The van der Waals surface area contributed by atoms with Crippen LogP contribution in [0.15, 0.2) is 28.9 Å². The summed E-state index contributed by atoms with van der Waals surface area (Å²) in [5.41, 5.74) is 2.61. The van der Waals surface area contributed by atoms with E-state index < -0.39 is 0 Å². The van der Waals surface area contributed by atoms with Gasteiger partial charge in [0.25, 0.3) is 0 Å². The number of rotatable bonds is 4. The van der Waals surface area contributed by atoms with Crippen molar-refractivity contribution in [2.24, 2.45) is 0 Å². The van der Waals surface area contributed by atoms with Crippen molar-refractivity contribution in [3.05, 3.63) is 46.8 Å². The molecule has 17 heavy (non-hydrogen) atoms. The highest BCUT2D eigenvalue weighted by molar-refractivity contribution is 5.75. The Bertz CT molecular complexity index is 531. The second kappa shape index (κ2) is 4.82. The Balaban J connectivity index is 2.24. The summed E-state index contributed by atoms with van der Waals surface area (Å²) in [6.07, 6.45) is 2.74. The van der Waals surface area contributed by atoms with Gasteiger partial charge in [-0.25, -0.2) is 0 Å². The van der Waals surface area contributed by atoms with Crippen LogP contribution in [-0.2, 0) is 6.42 Å². The number of aryl methyl sites for hydroxylation is 1. The molecule has 0 aliphatic rings.